The molecule has 0 bridgehead atoms. The summed E-state index contributed by atoms with van der Waals surface area (Å²) in [6, 6.07) is 21.5. The van der Waals surface area contributed by atoms with Gasteiger partial charge in [0.05, 0.1) is 5.92 Å². The van der Waals surface area contributed by atoms with Gasteiger partial charge in [-0.25, -0.2) is 9.59 Å². The highest BCUT2D eigenvalue weighted by Crippen LogP contribution is 2.25. The topological polar surface area (TPSA) is 98.2 Å². The van der Waals surface area contributed by atoms with E-state index in [0.717, 1.165) is 77.2 Å². The van der Waals surface area contributed by atoms with E-state index < -0.39 is 11.9 Å². The Labute approximate surface area is 213 Å². The van der Waals surface area contributed by atoms with Crippen LogP contribution in [0.4, 0.5) is 0 Å². The lowest BCUT2D eigenvalue weighted by Gasteiger charge is -2.38. The molecule has 0 spiro atoms. The molecule has 1 atom stereocenters. The first-order chi connectivity index (χ1) is 17.4. The van der Waals surface area contributed by atoms with Crippen LogP contribution in [0.2, 0.25) is 0 Å². The number of carbonyl (C=O) groups is 3. The van der Waals surface area contributed by atoms with Crippen LogP contribution in [-0.2, 0) is 27.2 Å². The summed E-state index contributed by atoms with van der Waals surface area (Å²) in [5, 5.41) is 14.8. The van der Waals surface area contributed by atoms with Crippen molar-refractivity contribution in [2.24, 2.45) is 11.8 Å². The first-order valence-corrected chi connectivity index (χ1v) is 13.0. The fourth-order valence-corrected chi connectivity index (χ4v) is 5.17. The van der Waals surface area contributed by atoms with E-state index in [0.29, 0.717) is 5.91 Å². The lowest BCUT2D eigenvalue weighted by molar-refractivity contribution is -0.159. The maximum atomic E-state index is 13.2. The zero-order valence-corrected chi connectivity index (χ0v) is 20.9. The highest BCUT2D eigenvalue weighted by molar-refractivity contribution is 6.27. The Morgan fingerprint density at radius 3 is 1.94 bits per heavy atom. The molecule has 36 heavy (non-hydrogen) atoms. The number of carboxylic acid groups (broad SMARTS) is 2. The summed E-state index contributed by atoms with van der Waals surface area (Å²) in [6.45, 7) is 5.11. The summed E-state index contributed by atoms with van der Waals surface area (Å²) >= 11 is 0. The maximum absolute atomic E-state index is 13.2. The second kappa shape index (κ2) is 14.4. The average Bonchev–Trinajstić information content (AvgIpc) is 2.90. The van der Waals surface area contributed by atoms with Crippen molar-refractivity contribution >= 4 is 17.8 Å². The Morgan fingerprint density at radius 2 is 1.36 bits per heavy atom. The molecule has 7 nitrogen and oxygen atoms in total. The van der Waals surface area contributed by atoms with Gasteiger partial charge in [0.25, 0.3) is 0 Å². The van der Waals surface area contributed by atoms with Crippen molar-refractivity contribution in [2.75, 3.05) is 32.7 Å². The van der Waals surface area contributed by atoms with Crippen LogP contribution in [0.5, 0.6) is 0 Å². The SMILES string of the molecule is O=C(C1CCCN(CCCc2ccccc2)C1)N1CCC(Cc2ccccc2)CC1.O=C(O)C(=O)O. The lowest BCUT2D eigenvalue weighted by atomic mass is 9.89. The van der Waals surface area contributed by atoms with E-state index in [-0.39, 0.29) is 5.92 Å². The quantitative estimate of drug-likeness (QED) is 0.566. The van der Waals surface area contributed by atoms with E-state index in [2.05, 4.69) is 70.5 Å². The standard InChI is InChI=1S/C27H36N2O.C2H2O4/c30-27(29-19-15-25(16-20-29)21-24-11-5-2-6-12-24)26-14-8-18-28(22-26)17-7-13-23-9-3-1-4-10-23;3-1(4)2(5)6/h1-6,9-12,25-26H,7-8,13-22H2;(H,3,4)(H,5,6). The van der Waals surface area contributed by atoms with Crippen LogP contribution in [-0.4, -0.2) is 70.6 Å². The van der Waals surface area contributed by atoms with Gasteiger partial charge in [-0.3, -0.25) is 4.79 Å². The van der Waals surface area contributed by atoms with Gasteiger partial charge in [0.2, 0.25) is 5.91 Å². The van der Waals surface area contributed by atoms with Gasteiger partial charge in [-0.2, -0.15) is 0 Å². The van der Waals surface area contributed by atoms with Gasteiger partial charge >= 0.3 is 11.9 Å². The molecule has 4 rings (SSSR count). The number of rotatable bonds is 7. The number of hydrogen-bond donors (Lipinski definition) is 2. The predicted molar refractivity (Wildman–Crippen MR) is 139 cm³/mol. The Hall–Kier alpha value is -3.19. The van der Waals surface area contributed by atoms with Crippen molar-refractivity contribution in [2.45, 2.75) is 44.9 Å². The second-order valence-electron chi connectivity index (χ2n) is 9.80. The van der Waals surface area contributed by atoms with Gasteiger partial charge in [0.15, 0.2) is 0 Å². The highest BCUT2D eigenvalue weighted by atomic mass is 16.4. The van der Waals surface area contributed by atoms with Crippen LogP contribution >= 0.6 is 0 Å². The number of amides is 1. The molecule has 2 saturated heterocycles. The summed E-state index contributed by atoms with van der Waals surface area (Å²) < 4.78 is 0. The molecule has 0 aliphatic carbocycles. The molecule has 194 valence electrons. The van der Waals surface area contributed by atoms with Crippen molar-refractivity contribution < 1.29 is 24.6 Å². The Morgan fingerprint density at radius 1 is 0.778 bits per heavy atom. The second-order valence-corrected chi connectivity index (χ2v) is 9.80. The number of nitrogens with zero attached hydrogens (tertiary/aromatic N) is 2. The largest absolute Gasteiger partial charge is 0.473 e. The number of likely N-dealkylation sites (tertiary alicyclic amines) is 2. The molecule has 0 radical (unpaired) electrons. The molecule has 2 aliphatic heterocycles. The summed E-state index contributed by atoms with van der Waals surface area (Å²) in [5.74, 6) is -2.30. The van der Waals surface area contributed by atoms with E-state index in [1.165, 1.54) is 17.5 Å². The summed E-state index contributed by atoms with van der Waals surface area (Å²) in [6.07, 6.45) is 7.98. The van der Waals surface area contributed by atoms with Crippen LogP contribution in [0.1, 0.15) is 43.2 Å². The molecule has 2 heterocycles. The average molecular weight is 495 g/mol. The molecule has 0 saturated carbocycles. The van der Waals surface area contributed by atoms with Crippen LogP contribution in [0, 0.1) is 11.8 Å². The van der Waals surface area contributed by atoms with Crippen LogP contribution < -0.4 is 0 Å². The smallest absolute Gasteiger partial charge is 0.414 e. The molecular weight excluding hydrogens is 456 g/mol. The van der Waals surface area contributed by atoms with Crippen molar-refractivity contribution in [1.29, 1.82) is 0 Å². The first kappa shape index (κ1) is 27.4. The minimum absolute atomic E-state index is 0.209. The van der Waals surface area contributed by atoms with Gasteiger partial charge in [-0.1, -0.05) is 60.7 Å². The molecule has 2 fully saturated rings. The summed E-state index contributed by atoms with van der Waals surface area (Å²) in [7, 11) is 0. The molecule has 1 amide bonds. The third-order valence-corrected chi connectivity index (χ3v) is 7.11. The molecule has 0 aromatic heterocycles. The van der Waals surface area contributed by atoms with Gasteiger partial charge in [0.1, 0.15) is 0 Å². The molecule has 2 aromatic rings. The number of piperidine rings is 2. The molecule has 2 aromatic carbocycles. The van der Waals surface area contributed by atoms with Gasteiger partial charge in [-0.05, 0) is 75.1 Å². The first-order valence-electron chi connectivity index (χ1n) is 13.0. The molecule has 2 aliphatic rings. The number of hydrogen-bond acceptors (Lipinski definition) is 4. The molecule has 1 unspecified atom stereocenters. The monoisotopic (exact) mass is 494 g/mol. The van der Waals surface area contributed by atoms with Crippen molar-refractivity contribution in [3.05, 3.63) is 71.8 Å². The predicted octanol–water partition coefficient (Wildman–Crippen LogP) is 3.97. The number of carboxylic acids is 2. The number of carbonyl (C=O) groups excluding carboxylic acids is 1. The number of benzene rings is 2. The van der Waals surface area contributed by atoms with Crippen molar-refractivity contribution in [1.82, 2.24) is 9.80 Å². The van der Waals surface area contributed by atoms with Gasteiger partial charge in [0, 0.05) is 19.6 Å². The minimum Gasteiger partial charge on any atom is -0.473 e. The minimum atomic E-state index is -1.82. The van der Waals surface area contributed by atoms with Crippen molar-refractivity contribution in [3.63, 3.8) is 0 Å². The Balaban J connectivity index is 0.000000538. The van der Waals surface area contributed by atoms with Gasteiger partial charge < -0.3 is 20.0 Å². The highest BCUT2D eigenvalue weighted by Gasteiger charge is 2.31. The summed E-state index contributed by atoms with van der Waals surface area (Å²) in [5.41, 5.74) is 2.85. The Kier molecular flexibility index (Phi) is 11.0. The van der Waals surface area contributed by atoms with Crippen LogP contribution in [0.25, 0.3) is 0 Å². The molecule has 2 N–H and O–H groups in total. The number of aryl methyl sites for hydroxylation is 1. The third kappa shape index (κ3) is 9.11. The van der Waals surface area contributed by atoms with E-state index in [1.54, 1.807) is 0 Å². The van der Waals surface area contributed by atoms with Gasteiger partial charge in [-0.15, -0.1) is 0 Å². The number of aliphatic carboxylic acids is 2. The van der Waals surface area contributed by atoms with Crippen LogP contribution in [0.15, 0.2) is 60.7 Å². The van der Waals surface area contributed by atoms with E-state index >= 15 is 0 Å². The van der Waals surface area contributed by atoms with E-state index in [4.69, 9.17) is 19.8 Å². The Bertz CT molecular complexity index is 946. The zero-order valence-electron chi connectivity index (χ0n) is 20.9. The fraction of sp³-hybridized carbons (Fsp3) is 0.483. The molecule has 7 heteroatoms. The third-order valence-electron chi connectivity index (χ3n) is 7.11. The zero-order chi connectivity index (χ0) is 25.8. The normalized spacial score (nSPS) is 18.7. The molecular formula is C29H38N2O5. The van der Waals surface area contributed by atoms with Crippen LogP contribution in [0.3, 0.4) is 0 Å². The van der Waals surface area contributed by atoms with Crippen molar-refractivity contribution in [3.8, 4) is 0 Å². The maximum Gasteiger partial charge on any atom is 0.414 e. The van der Waals surface area contributed by atoms with E-state index in [1.807, 2.05) is 0 Å². The summed E-state index contributed by atoms with van der Waals surface area (Å²) in [4.78, 5) is 36.0. The lowest BCUT2D eigenvalue weighted by Crippen LogP contribution is -2.47. The fourth-order valence-electron chi connectivity index (χ4n) is 5.17. The van der Waals surface area contributed by atoms with E-state index in [9.17, 15) is 4.79 Å².